The van der Waals surface area contributed by atoms with Gasteiger partial charge in [0.1, 0.15) is 5.82 Å². The number of benzene rings is 1. The number of aryl methyl sites for hydroxylation is 3. The summed E-state index contributed by atoms with van der Waals surface area (Å²) < 4.78 is 0. The molecular weight excluding hydrogens is 198 g/mol. The van der Waals surface area contributed by atoms with Gasteiger partial charge in [0.2, 0.25) is 0 Å². The van der Waals surface area contributed by atoms with E-state index in [0.717, 1.165) is 11.5 Å². The summed E-state index contributed by atoms with van der Waals surface area (Å²) in [6, 6.07) is 6.44. The summed E-state index contributed by atoms with van der Waals surface area (Å²) in [7, 11) is 1.87. The molecule has 0 spiro atoms. The van der Waals surface area contributed by atoms with Gasteiger partial charge in [-0.3, -0.25) is 5.10 Å². The number of anilines is 1. The number of aromatic amines is 1. The SMILES string of the molecule is CNc1cc(-c2cc(C)c(C)cc2C)[nH]n1. The topological polar surface area (TPSA) is 40.7 Å². The Kier molecular flexibility index (Phi) is 2.69. The molecule has 0 unspecified atom stereocenters. The van der Waals surface area contributed by atoms with Gasteiger partial charge in [-0.25, -0.2) is 0 Å². The van der Waals surface area contributed by atoms with Crippen LogP contribution in [0.5, 0.6) is 0 Å². The van der Waals surface area contributed by atoms with Crippen LogP contribution >= 0.6 is 0 Å². The first kappa shape index (κ1) is 10.7. The predicted molar refractivity (Wildman–Crippen MR) is 67.8 cm³/mol. The van der Waals surface area contributed by atoms with Gasteiger partial charge in [0.25, 0.3) is 0 Å². The van der Waals surface area contributed by atoms with Gasteiger partial charge in [-0.05, 0) is 43.5 Å². The Hall–Kier alpha value is -1.77. The number of H-pyrrole nitrogens is 1. The Bertz CT molecular complexity index is 512. The van der Waals surface area contributed by atoms with E-state index in [4.69, 9.17) is 0 Å². The van der Waals surface area contributed by atoms with Gasteiger partial charge in [0.15, 0.2) is 0 Å². The van der Waals surface area contributed by atoms with Gasteiger partial charge < -0.3 is 5.32 Å². The predicted octanol–water partition coefficient (Wildman–Crippen LogP) is 3.04. The molecule has 0 atom stereocenters. The molecule has 16 heavy (non-hydrogen) atoms. The monoisotopic (exact) mass is 215 g/mol. The molecule has 3 heteroatoms. The molecule has 0 saturated heterocycles. The van der Waals surface area contributed by atoms with E-state index in [9.17, 15) is 0 Å². The molecule has 2 aromatic rings. The van der Waals surface area contributed by atoms with Gasteiger partial charge in [0, 0.05) is 18.7 Å². The molecule has 2 rings (SSSR count). The molecule has 0 radical (unpaired) electrons. The van der Waals surface area contributed by atoms with Crippen LogP contribution in [0.2, 0.25) is 0 Å². The second kappa shape index (κ2) is 4.00. The summed E-state index contributed by atoms with van der Waals surface area (Å²) in [4.78, 5) is 0. The number of rotatable bonds is 2. The van der Waals surface area contributed by atoms with Gasteiger partial charge >= 0.3 is 0 Å². The van der Waals surface area contributed by atoms with Crippen molar-refractivity contribution in [3.05, 3.63) is 34.9 Å². The zero-order chi connectivity index (χ0) is 11.7. The average Bonchev–Trinajstić information content (AvgIpc) is 2.71. The lowest BCUT2D eigenvalue weighted by atomic mass is 9.99. The van der Waals surface area contributed by atoms with E-state index in [1.807, 2.05) is 13.1 Å². The van der Waals surface area contributed by atoms with Crippen molar-refractivity contribution in [1.29, 1.82) is 0 Å². The van der Waals surface area contributed by atoms with E-state index in [-0.39, 0.29) is 0 Å². The van der Waals surface area contributed by atoms with Crippen molar-refractivity contribution >= 4 is 5.82 Å². The van der Waals surface area contributed by atoms with E-state index < -0.39 is 0 Å². The molecule has 0 aliphatic carbocycles. The number of nitrogens with one attached hydrogen (secondary N) is 2. The zero-order valence-corrected chi connectivity index (χ0v) is 10.2. The van der Waals surface area contributed by atoms with E-state index in [0.29, 0.717) is 0 Å². The van der Waals surface area contributed by atoms with Crippen LogP contribution in [0.4, 0.5) is 5.82 Å². The first-order valence-corrected chi connectivity index (χ1v) is 5.43. The highest BCUT2D eigenvalue weighted by atomic mass is 15.2. The normalized spacial score (nSPS) is 10.5. The van der Waals surface area contributed by atoms with Gasteiger partial charge in [0.05, 0.1) is 5.69 Å². The molecule has 0 bridgehead atoms. The molecule has 1 aromatic carbocycles. The third kappa shape index (κ3) is 1.81. The van der Waals surface area contributed by atoms with Crippen LogP contribution < -0.4 is 5.32 Å². The van der Waals surface area contributed by atoms with Crippen molar-refractivity contribution in [2.24, 2.45) is 0 Å². The van der Waals surface area contributed by atoms with Crippen molar-refractivity contribution in [3.63, 3.8) is 0 Å². The van der Waals surface area contributed by atoms with Crippen LogP contribution in [-0.2, 0) is 0 Å². The maximum atomic E-state index is 4.17. The minimum absolute atomic E-state index is 0.868. The molecule has 1 heterocycles. The largest absolute Gasteiger partial charge is 0.372 e. The summed E-state index contributed by atoms with van der Waals surface area (Å²) in [6.45, 7) is 6.40. The van der Waals surface area contributed by atoms with Crippen LogP contribution in [0.1, 0.15) is 16.7 Å². The zero-order valence-electron chi connectivity index (χ0n) is 10.2. The summed E-state index contributed by atoms with van der Waals surface area (Å²) in [6.07, 6.45) is 0. The number of hydrogen-bond acceptors (Lipinski definition) is 2. The Morgan fingerprint density at radius 3 is 2.31 bits per heavy atom. The summed E-state index contributed by atoms with van der Waals surface area (Å²) in [5.41, 5.74) is 6.19. The highest BCUT2D eigenvalue weighted by Crippen LogP contribution is 2.26. The lowest BCUT2D eigenvalue weighted by molar-refractivity contribution is 1.09. The molecule has 84 valence electrons. The number of nitrogens with zero attached hydrogens (tertiary/aromatic N) is 1. The summed E-state index contributed by atoms with van der Waals surface area (Å²) >= 11 is 0. The lowest BCUT2D eigenvalue weighted by Crippen LogP contribution is -1.88. The standard InChI is InChI=1S/C13H17N3/c1-8-5-10(3)11(6-9(8)2)12-7-13(14-4)16-15-12/h5-7H,1-4H3,(H2,14,15,16). The fraction of sp³-hybridized carbons (Fsp3) is 0.308. The lowest BCUT2D eigenvalue weighted by Gasteiger charge is -2.07. The Balaban J connectivity index is 2.51. The fourth-order valence-corrected chi connectivity index (χ4v) is 1.84. The molecule has 3 nitrogen and oxygen atoms in total. The molecule has 0 saturated carbocycles. The maximum absolute atomic E-state index is 4.17. The summed E-state index contributed by atoms with van der Waals surface area (Å²) in [5.74, 6) is 0.868. The molecule has 2 N–H and O–H groups in total. The average molecular weight is 215 g/mol. The summed E-state index contributed by atoms with van der Waals surface area (Å²) in [5, 5.41) is 10.2. The highest BCUT2D eigenvalue weighted by Gasteiger charge is 2.07. The highest BCUT2D eigenvalue weighted by molar-refractivity contribution is 5.67. The van der Waals surface area contributed by atoms with Crippen LogP contribution in [-0.4, -0.2) is 17.2 Å². The van der Waals surface area contributed by atoms with Crippen LogP contribution in [0.25, 0.3) is 11.3 Å². The number of aromatic nitrogens is 2. The minimum Gasteiger partial charge on any atom is -0.372 e. The third-order valence-corrected chi connectivity index (χ3v) is 2.96. The van der Waals surface area contributed by atoms with Gasteiger partial charge in [-0.1, -0.05) is 6.07 Å². The van der Waals surface area contributed by atoms with Gasteiger partial charge in [-0.2, -0.15) is 5.10 Å². The molecular formula is C13H17N3. The van der Waals surface area contributed by atoms with Crippen molar-refractivity contribution in [3.8, 4) is 11.3 Å². The Labute approximate surface area is 95.9 Å². The van der Waals surface area contributed by atoms with Crippen molar-refractivity contribution < 1.29 is 0 Å². The molecule has 0 aliphatic rings. The van der Waals surface area contributed by atoms with E-state index in [1.54, 1.807) is 0 Å². The quantitative estimate of drug-likeness (QED) is 0.808. The molecule has 0 amide bonds. The Morgan fingerprint density at radius 2 is 1.69 bits per heavy atom. The van der Waals surface area contributed by atoms with Gasteiger partial charge in [-0.15, -0.1) is 0 Å². The van der Waals surface area contributed by atoms with Crippen molar-refractivity contribution in [2.45, 2.75) is 20.8 Å². The molecule has 1 aromatic heterocycles. The van der Waals surface area contributed by atoms with E-state index >= 15 is 0 Å². The second-order valence-electron chi connectivity index (χ2n) is 4.17. The second-order valence-corrected chi connectivity index (χ2v) is 4.17. The fourth-order valence-electron chi connectivity index (χ4n) is 1.84. The number of hydrogen-bond donors (Lipinski definition) is 2. The molecule has 0 fully saturated rings. The van der Waals surface area contributed by atoms with Crippen molar-refractivity contribution in [1.82, 2.24) is 10.2 Å². The van der Waals surface area contributed by atoms with Crippen LogP contribution in [0, 0.1) is 20.8 Å². The van der Waals surface area contributed by atoms with E-state index in [1.165, 1.54) is 22.3 Å². The maximum Gasteiger partial charge on any atom is 0.148 e. The van der Waals surface area contributed by atoms with Crippen LogP contribution in [0.3, 0.4) is 0 Å². The van der Waals surface area contributed by atoms with Crippen molar-refractivity contribution in [2.75, 3.05) is 12.4 Å². The first-order chi connectivity index (χ1) is 7.61. The third-order valence-electron chi connectivity index (χ3n) is 2.96. The first-order valence-electron chi connectivity index (χ1n) is 5.43. The van der Waals surface area contributed by atoms with Crippen LogP contribution in [0.15, 0.2) is 18.2 Å². The smallest absolute Gasteiger partial charge is 0.148 e. The van der Waals surface area contributed by atoms with E-state index in [2.05, 4.69) is 48.4 Å². The minimum atomic E-state index is 0.868. The Morgan fingerprint density at radius 1 is 1.00 bits per heavy atom. The molecule has 0 aliphatic heterocycles.